The van der Waals surface area contributed by atoms with E-state index in [9.17, 15) is 0 Å². The van der Waals surface area contributed by atoms with Gasteiger partial charge in [-0.3, -0.25) is 0 Å². The summed E-state index contributed by atoms with van der Waals surface area (Å²) < 4.78 is 0. The molecule has 0 fully saturated rings. The van der Waals surface area contributed by atoms with Crippen LogP contribution in [0.3, 0.4) is 0 Å². The second-order valence-electron chi connectivity index (χ2n) is 3.67. The van der Waals surface area contributed by atoms with Crippen LogP contribution in [0.2, 0.25) is 0 Å². The molecule has 9 heavy (non-hydrogen) atoms. The van der Waals surface area contributed by atoms with Gasteiger partial charge >= 0.3 is 0 Å². The first-order chi connectivity index (χ1) is 3.42. The predicted molar refractivity (Wildman–Crippen MR) is 37.9 cm³/mol. The van der Waals surface area contributed by atoms with Gasteiger partial charge < -0.3 is 5.73 Å². The van der Waals surface area contributed by atoms with Crippen molar-refractivity contribution in [2.75, 3.05) is 0 Å². The Balaban J connectivity index is 0. The average molecular weight is 341 g/mol. The molecule has 1 atom stereocenters. The third-order valence-electron chi connectivity index (χ3n) is 0.919. The monoisotopic (exact) mass is 341 g/mol. The van der Waals surface area contributed by atoms with Gasteiger partial charge in [0.05, 0.1) is 0 Å². The molecule has 0 saturated carbocycles. The topological polar surface area (TPSA) is 23.8 Å². The molecular weight excluding hydrogens is 325 g/mol. The molecule has 0 amide bonds. The molecule has 53 valence electrons. The molecule has 1 N–H and O–H groups in total. The van der Waals surface area contributed by atoms with Crippen LogP contribution < -0.4 is 0 Å². The smallest absolute Gasteiger partial charge is 0 e. The minimum Gasteiger partial charge on any atom is -0.675 e. The quantitative estimate of drug-likeness (QED) is 0.701. The summed E-state index contributed by atoms with van der Waals surface area (Å²) in [6.07, 6.45) is 0.993. The van der Waals surface area contributed by atoms with E-state index in [0.717, 1.165) is 6.42 Å². The Morgan fingerprint density at radius 3 is 1.67 bits per heavy atom. The Hall–Kier alpha value is 1.40. The van der Waals surface area contributed by atoms with Crippen LogP contribution in [-0.4, -0.2) is 6.04 Å². The number of nitrogens with one attached hydrogen (secondary N) is 1. The fraction of sp³-hybridized carbons (Fsp3) is 1.00. The maximum atomic E-state index is 7.23. The molecule has 0 aromatic rings. The van der Waals surface area contributed by atoms with Gasteiger partial charge in [-0.15, -0.1) is 6.04 Å². The maximum absolute atomic E-state index is 7.23. The molecule has 0 aromatic heterocycles. The SMILES string of the molecule is C[C@H]([NH-])CC(C)(C)C.[Ac]. The molecule has 2 heteroatoms. The van der Waals surface area contributed by atoms with E-state index in [-0.39, 0.29) is 50.1 Å². The van der Waals surface area contributed by atoms with Crippen molar-refractivity contribution < 1.29 is 44.1 Å². The van der Waals surface area contributed by atoms with E-state index in [1.54, 1.807) is 0 Å². The second-order valence-corrected chi connectivity index (χ2v) is 3.67. The summed E-state index contributed by atoms with van der Waals surface area (Å²) in [6, 6.07) is 0.0926. The Kier molecular flexibility index (Phi) is 7.39. The first-order valence-electron chi connectivity index (χ1n) is 3.13. The third-order valence-corrected chi connectivity index (χ3v) is 0.919. The Morgan fingerprint density at radius 1 is 1.33 bits per heavy atom. The van der Waals surface area contributed by atoms with Crippen molar-refractivity contribution in [3.05, 3.63) is 5.73 Å². The van der Waals surface area contributed by atoms with Crippen molar-refractivity contribution in [3.8, 4) is 0 Å². The van der Waals surface area contributed by atoms with Gasteiger partial charge in [-0.1, -0.05) is 34.1 Å². The molecule has 1 nitrogen and oxygen atoms in total. The molecule has 0 aliphatic heterocycles. The summed E-state index contributed by atoms with van der Waals surface area (Å²) in [5.41, 5.74) is 7.57. The summed E-state index contributed by atoms with van der Waals surface area (Å²) in [4.78, 5) is 0. The van der Waals surface area contributed by atoms with Crippen molar-refractivity contribution >= 4 is 0 Å². The number of hydrogen-bond donors (Lipinski definition) is 0. The first-order valence-corrected chi connectivity index (χ1v) is 3.13. The second kappa shape index (κ2) is 5.10. The van der Waals surface area contributed by atoms with Crippen molar-refractivity contribution in [3.63, 3.8) is 0 Å². The third kappa shape index (κ3) is 12.6. The molecule has 0 bridgehead atoms. The molecule has 0 aliphatic rings. The van der Waals surface area contributed by atoms with Crippen LogP contribution in [0.15, 0.2) is 0 Å². The standard InChI is InChI=1S/C7H16N.Ac/c1-6(8)5-7(2,3)4;/h6,8H,5H2,1-4H3;/q-1;/t6-;/m0./s1. The zero-order valence-corrected chi connectivity index (χ0v) is 11.6. The van der Waals surface area contributed by atoms with E-state index in [2.05, 4.69) is 20.8 Å². The zero-order chi connectivity index (χ0) is 6.78. The van der Waals surface area contributed by atoms with Gasteiger partial charge in [-0.2, -0.15) is 0 Å². The maximum Gasteiger partial charge on any atom is 0 e. The van der Waals surface area contributed by atoms with Gasteiger partial charge in [0.25, 0.3) is 0 Å². The van der Waals surface area contributed by atoms with E-state index in [1.165, 1.54) is 0 Å². The van der Waals surface area contributed by atoms with Crippen molar-refractivity contribution in [2.24, 2.45) is 5.41 Å². The van der Waals surface area contributed by atoms with Crippen LogP contribution in [0.4, 0.5) is 0 Å². The fourth-order valence-corrected chi connectivity index (χ4v) is 0.919. The van der Waals surface area contributed by atoms with E-state index >= 15 is 0 Å². The van der Waals surface area contributed by atoms with E-state index < -0.39 is 0 Å². The molecule has 0 saturated heterocycles. The number of rotatable bonds is 1. The molecule has 0 unspecified atom stereocenters. The Labute approximate surface area is 94.3 Å². The zero-order valence-electron chi connectivity index (χ0n) is 6.86. The predicted octanol–water partition coefficient (Wildman–Crippen LogP) is 2.86. The van der Waals surface area contributed by atoms with Crippen LogP contribution in [0, 0.1) is 49.5 Å². The summed E-state index contributed by atoms with van der Waals surface area (Å²) in [7, 11) is 0. The van der Waals surface area contributed by atoms with Gasteiger partial charge in [0.15, 0.2) is 0 Å². The summed E-state index contributed by atoms with van der Waals surface area (Å²) in [5, 5.41) is 0. The fourth-order valence-electron chi connectivity index (χ4n) is 0.919. The molecular formula is C7H16AcN-. The summed E-state index contributed by atoms with van der Waals surface area (Å²) in [6.45, 7) is 8.43. The average Bonchev–Trinajstić information content (AvgIpc) is 1.21. The summed E-state index contributed by atoms with van der Waals surface area (Å²) >= 11 is 0. The van der Waals surface area contributed by atoms with Crippen molar-refractivity contribution in [1.82, 2.24) is 0 Å². The van der Waals surface area contributed by atoms with Gasteiger partial charge in [-0.05, 0) is 5.41 Å². The normalized spacial score (nSPS) is 14.3. The Morgan fingerprint density at radius 2 is 1.67 bits per heavy atom. The molecule has 0 spiro atoms. The van der Waals surface area contributed by atoms with Crippen LogP contribution in [0.1, 0.15) is 34.1 Å². The molecule has 1 radical (unpaired) electrons. The van der Waals surface area contributed by atoms with Gasteiger partial charge in [0.1, 0.15) is 0 Å². The molecule has 0 aliphatic carbocycles. The van der Waals surface area contributed by atoms with E-state index in [1.807, 2.05) is 6.92 Å². The largest absolute Gasteiger partial charge is 0.675 e. The molecule has 0 aromatic carbocycles. The van der Waals surface area contributed by atoms with Crippen LogP contribution in [0.5, 0.6) is 0 Å². The van der Waals surface area contributed by atoms with Gasteiger partial charge in [-0.25, -0.2) is 0 Å². The van der Waals surface area contributed by atoms with E-state index in [0.29, 0.717) is 5.41 Å². The van der Waals surface area contributed by atoms with Crippen molar-refractivity contribution in [2.45, 2.75) is 40.2 Å². The molecule has 0 rings (SSSR count). The van der Waals surface area contributed by atoms with E-state index in [4.69, 9.17) is 5.73 Å². The number of hydrogen-bond acceptors (Lipinski definition) is 0. The van der Waals surface area contributed by atoms with Crippen LogP contribution in [-0.2, 0) is 0 Å². The van der Waals surface area contributed by atoms with Crippen molar-refractivity contribution in [1.29, 1.82) is 0 Å². The van der Waals surface area contributed by atoms with Crippen LogP contribution >= 0.6 is 0 Å². The first kappa shape index (κ1) is 13.0. The minimum absolute atomic E-state index is 0. The minimum atomic E-state index is 0. The molecule has 0 heterocycles. The summed E-state index contributed by atoms with van der Waals surface area (Å²) in [5.74, 6) is 0. The van der Waals surface area contributed by atoms with Gasteiger partial charge in [0.2, 0.25) is 0 Å². The van der Waals surface area contributed by atoms with Gasteiger partial charge in [0, 0.05) is 44.1 Å². The van der Waals surface area contributed by atoms with Crippen LogP contribution in [0.25, 0.3) is 5.73 Å². The Bertz CT molecular complexity index is 63.8.